The maximum atomic E-state index is 6.84. The fourth-order valence-corrected chi connectivity index (χ4v) is 5.57. The highest BCUT2D eigenvalue weighted by molar-refractivity contribution is 5.26. The monoisotopic (exact) mass is 592 g/mol. The Labute approximate surface area is 262 Å². The molecule has 0 N–H and O–H groups in total. The van der Waals surface area contributed by atoms with Crippen molar-refractivity contribution in [3.8, 4) is 5.75 Å². The van der Waals surface area contributed by atoms with Gasteiger partial charge in [-0.2, -0.15) is 0 Å². The summed E-state index contributed by atoms with van der Waals surface area (Å²) in [5.74, 6) is 0.770. The van der Waals surface area contributed by atoms with E-state index >= 15 is 0 Å². The van der Waals surface area contributed by atoms with Crippen molar-refractivity contribution in [2.45, 2.75) is 64.0 Å². The molecule has 0 amide bonds. The first-order chi connectivity index (χ1) is 21.8. The number of rotatable bonds is 14. The molecular formula is C39H44O5. The minimum atomic E-state index is -0.287. The summed E-state index contributed by atoms with van der Waals surface area (Å²) in [6.45, 7) is 2.49. The molecule has 1 aliphatic rings. The minimum Gasteiger partial charge on any atom is -0.497 e. The SMILES string of the molecule is COc1ccc(CO[C@H]2CCC/C=C\[C@@H](OCc3ccccc3)[C@H](OCc3ccccc3)[C@H]2COCc2ccccc2)cc1. The summed E-state index contributed by atoms with van der Waals surface area (Å²) in [6, 6.07) is 39.0. The summed E-state index contributed by atoms with van der Waals surface area (Å²) >= 11 is 0. The molecule has 0 heterocycles. The lowest BCUT2D eigenvalue weighted by atomic mass is 9.90. The molecule has 5 heteroatoms. The second-order valence-corrected chi connectivity index (χ2v) is 11.2. The Bertz CT molecular complexity index is 1360. The molecule has 230 valence electrons. The highest BCUT2D eigenvalue weighted by atomic mass is 16.5. The second kappa shape index (κ2) is 17.5. The van der Waals surface area contributed by atoms with Gasteiger partial charge in [-0.25, -0.2) is 0 Å². The molecule has 1 aliphatic carbocycles. The Morgan fingerprint density at radius 1 is 0.591 bits per heavy atom. The van der Waals surface area contributed by atoms with Crippen LogP contribution < -0.4 is 4.74 Å². The molecule has 0 spiro atoms. The van der Waals surface area contributed by atoms with Gasteiger partial charge in [-0.3, -0.25) is 0 Å². The van der Waals surface area contributed by atoms with E-state index in [1.807, 2.05) is 66.7 Å². The number of benzene rings is 4. The van der Waals surface area contributed by atoms with Crippen LogP contribution in [0.2, 0.25) is 0 Å². The molecule has 44 heavy (non-hydrogen) atoms. The van der Waals surface area contributed by atoms with Crippen molar-refractivity contribution < 1.29 is 23.7 Å². The van der Waals surface area contributed by atoms with E-state index in [0.717, 1.165) is 47.3 Å². The molecule has 0 unspecified atom stereocenters. The van der Waals surface area contributed by atoms with Gasteiger partial charge in [0.25, 0.3) is 0 Å². The third kappa shape index (κ3) is 9.90. The van der Waals surface area contributed by atoms with Crippen LogP contribution in [-0.4, -0.2) is 32.0 Å². The maximum Gasteiger partial charge on any atom is 0.118 e. The zero-order valence-corrected chi connectivity index (χ0v) is 25.6. The second-order valence-electron chi connectivity index (χ2n) is 11.2. The van der Waals surface area contributed by atoms with Crippen LogP contribution in [0.5, 0.6) is 5.75 Å². The normalized spacial score (nSPS) is 21.1. The highest BCUT2D eigenvalue weighted by Gasteiger charge is 2.37. The summed E-state index contributed by atoms with van der Waals surface area (Å²) in [7, 11) is 1.68. The number of allylic oxidation sites excluding steroid dienone is 1. The minimum absolute atomic E-state index is 0.0656. The predicted molar refractivity (Wildman–Crippen MR) is 174 cm³/mol. The topological polar surface area (TPSA) is 46.2 Å². The Hall–Kier alpha value is -3.74. The first kappa shape index (κ1) is 31.7. The van der Waals surface area contributed by atoms with Gasteiger partial charge in [0.1, 0.15) is 11.9 Å². The summed E-state index contributed by atoms with van der Waals surface area (Å²) in [5, 5.41) is 0. The molecule has 5 nitrogen and oxygen atoms in total. The van der Waals surface area contributed by atoms with E-state index in [9.17, 15) is 0 Å². The zero-order valence-electron chi connectivity index (χ0n) is 25.6. The van der Waals surface area contributed by atoms with Gasteiger partial charge in [-0.15, -0.1) is 0 Å². The predicted octanol–water partition coefficient (Wildman–Crippen LogP) is 8.32. The van der Waals surface area contributed by atoms with Crippen molar-refractivity contribution in [2.24, 2.45) is 5.92 Å². The van der Waals surface area contributed by atoms with Crippen LogP contribution in [0.25, 0.3) is 0 Å². The Morgan fingerprint density at radius 3 is 1.75 bits per heavy atom. The first-order valence-electron chi connectivity index (χ1n) is 15.6. The molecular weight excluding hydrogens is 548 g/mol. The van der Waals surface area contributed by atoms with E-state index < -0.39 is 0 Å². The fourth-order valence-electron chi connectivity index (χ4n) is 5.57. The van der Waals surface area contributed by atoms with Crippen LogP contribution in [0, 0.1) is 5.92 Å². The summed E-state index contributed by atoms with van der Waals surface area (Å²) in [5.41, 5.74) is 4.50. The molecule has 0 bridgehead atoms. The smallest absolute Gasteiger partial charge is 0.118 e. The Kier molecular flexibility index (Phi) is 12.6. The molecule has 0 radical (unpaired) electrons. The average Bonchev–Trinajstić information content (AvgIpc) is 3.16. The van der Waals surface area contributed by atoms with E-state index in [1.165, 1.54) is 0 Å². The molecule has 0 saturated carbocycles. The number of methoxy groups -OCH3 is 1. The third-order valence-corrected chi connectivity index (χ3v) is 8.02. The van der Waals surface area contributed by atoms with Gasteiger partial charge >= 0.3 is 0 Å². The van der Waals surface area contributed by atoms with Crippen LogP contribution in [0.1, 0.15) is 41.5 Å². The molecule has 5 rings (SSSR count). The van der Waals surface area contributed by atoms with E-state index in [2.05, 4.69) is 60.7 Å². The van der Waals surface area contributed by atoms with Crippen molar-refractivity contribution >= 4 is 0 Å². The van der Waals surface area contributed by atoms with Crippen molar-refractivity contribution in [1.29, 1.82) is 0 Å². The van der Waals surface area contributed by atoms with Crippen molar-refractivity contribution in [3.63, 3.8) is 0 Å². The van der Waals surface area contributed by atoms with Crippen LogP contribution in [0.15, 0.2) is 127 Å². The molecule has 4 aromatic carbocycles. The first-order valence-corrected chi connectivity index (χ1v) is 15.6. The molecule has 0 fully saturated rings. The standard InChI is InChI=1S/C39H44O5/c1-40-35-24-22-34(23-25-35)28-42-37-20-12-5-13-21-38(43-27-32-16-8-3-9-17-32)39(44-29-33-18-10-4-11-19-33)36(37)30-41-26-31-14-6-2-7-15-31/h2-4,6-11,13-19,21-25,36-39H,5,12,20,26-30H2,1H3/b21-13-/t36-,37-,38+,39+/m0/s1. The maximum absolute atomic E-state index is 6.84. The molecule has 0 aliphatic heterocycles. The molecule has 4 atom stereocenters. The van der Waals surface area contributed by atoms with E-state index in [1.54, 1.807) is 7.11 Å². The van der Waals surface area contributed by atoms with Crippen LogP contribution in [-0.2, 0) is 45.4 Å². The van der Waals surface area contributed by atoms with E-state index in [-0.39, 0.29) is 24.2 Å². The van der Waals surface area contributed by atoms with Gasteiger partial charge in [0, 0.05) is 5.92 Å². The van der Waals surface area contributed by atoms with Crippen molar-refractivity contribution in [1.82, 2.24) is 0 Å². The van der Waals surface area contributed by atoms with Crippen LogP contribution >= 0.6 is 0 Å². The number of hydrogen-bond acceptors (Lipinski definition) is 5. The van der Waals surface area contributed by atoms with Gasteiger partial charge in [0.05, 0.1) is 52.4 Å². The largest absolute Gasteiger partial charge is 0.497 e. The van der Waals surface area contributed by atoms with Crippen molar-refractivity contribution in [3.05, 3.63) is 150 Å². The fraction of sp³-hybridized carbons (Fsp3) is 0.333. The van der Waals surface area contributed by atoms with Gasteiger partial charge in [0.2, 0.25) is 0 Å². The van der Waals surface area contributed by atoms with Gasteiger partial charge in [0.15, 0.2) is 0 Å². The van der Waals surface area contributed by atoms with Gasteiger partial charge in [-0.05, 0) is 53.6 Å². The lowest BCUT2D eigenvalue weighted by molar-refractivity contribution is -0.145. The molecule has 4 aromatic rings. The average molecular weight is 593 g/mol. The summed E-state index contributed by atoms with van der Waals surface area (Å²) in [4.78, 5) is 0. The molecule has 0 aromatic heterocycles. The Morgan fingerprint density at radius 2 is 1.14 bits per heavy atom. The lowest BCUT2D eigenvalue weighted by Crippen LogP contribution is -2.45. The third-order valence-electron chi connectivity index (χ3n) is 8.02. The van der Waals surface area contributed by atoms with E-state index in [4.69, 9.17) is 23.7 Å². The van der Waals surface area contributed by atoms with Crippen molar-refractivity contribution in [2.75, 3.05) is 13.7 Å². The van der Waals surface area contributed by atoms with Gasteiger partial charge in [-0.1, -0.05) is 115 Å². The molecule has 0 saturated heterocycles. The van der Waals surface area contributed by atoms with E-state index in [0.29, 0.717) is 33.0 Å². The Balaban J connectivity index is 1.41. The van der Waals surface area contributed by atoms with Crippen LogP contribution in [0.3, 0.4) is 0 Å². The number of hydrogen-bond donors (Lipinski definition) is 0. The summed E-state index contributed by atoms with van der Waals surface area (Å²) < 4.78 is 32.1. The highest BCUT2D eigenvalue weighted by Crippen LogP contribution is 2.30. The van der Waals surface area contributed by atoms with Crippen LogP contribution in [0.4, 0.5) is 0 Å². The quantitative estimate of drug-likeness (QED) is 0.138. The lowest BCUT2D eigenvalue weighted by Gasteiger charge is -2.36. The zero-order chi connectivity index (χ0) is 30.2. The van der Waals surface area contributed by atoms with Gasteiger partial charge < -0.3 is 23.7 Å². The summed E-state index contributed by atoms with van der Waals surface area (Å²) in [6.07, 6.45) is 6.65. The number of ether oxygens (including phenoxy) is 5.